The van der Waals surface area contributed by atoms with E-state index >= 15 is 0 Å². The van der Waals surface area contributed by atoms with Crippen LogP contribution >= 0.6 is 11.8 Å². The number of fused-ring (bicyclic) bond motifs is 3. The summed E-state index contributed by atoms with van der Waals surface area (Å²) in [5.41, 5.74) is 0.749. The highest BCUT2D eigenvalue weighted by atomic mass is 32.2. The molecule has 1 spiro atoms. The smallest absolute Gasteiger partial charge is 0.311 e. The van der Waals surface area contributed by atoms with Crippen molar-refractivity contribution in [1.29, 1.82) is 0 Å². The van der Waals surface area contributed by atoms with Crippen LogP contribution in [0.15, 0.2) is 66.8 Å². The van der Waals surface area contributed by atoms with Gasteiger partial charge in [0, 0.05) is 17.5 Å². The molecule has 2 fully saturated rings. The quantitative estimate of drug-likeness (QED) is 0.526. The summed E-state index contributed by atoms with van der Waals surface area (Å²) in [5.74, 6) is -2.29. The summed E-state index contributed by atoms with van der Waals surface area (Å²) in [7, 11) is 0. The Labute approximate surface area is 207 Å². The number of aliphatic hydroxyl groups excluding tert-OH is 1. The van der Waals surface area contributed by atoms with Gasteiger partial charge in [-0.05, 0) is 29.8 Å². The first-order valence-electron chi connectivity index (χ1n) is 11.9. The molecule has 0 aliphatic carbocycles. The first-order chi connectivity index (χ1) is 17.0. The number of carbonyl (C=O) groups is 3. The number of esters is 1. The molecule has 2 aromatic rings. The molecule has 4 heterocycles. The van der Waals surface area contributed by atoms with Crippen LogP contribution in [-0.2, 0) is 19.1 Å². The number of anilines is 1. The highest BCUT2D eigenvalue weighted by Crippen LogP contribution is 2.61. The van der Waals surface area contributed by atoms with Gasteiger partial charge in [-0.25, -0.2) is 0 Å². The summed E-state index contributed by atoms with van der Waals surface area (Å²) in [6.45, 7) is 2.00. The Balaban J connectivity index is 1.47. The van der Waals surface area contributed by atoms with Crippen molar-refractivity contribution in [2.24, 2.45) is 11.8 Å². The third-order valence-electron chi connectivity index (χ3n) is 7.64. The number of carbonyl (C=O) groups excluding carboxylic acids is 3. The van der Waals surface area contributed by atoms with Crippen LogP contribution in [0.3, 0.4) is 0 Å². The normalized spacial score (nSPS) is 32.7. The molecule has 4 aliphatic rings. The van der Waals surface area contributed by atoms with Crippen LogP contribution in [0, 0.1) is 11.8 Å². The fourth-order valence-corrected chi connectivity index (χ4v) is 8.04. The summed E-state index contributed by atoms with van der Waals surface area (Å²) in [5, 5.41) is 11.9. The van der Waals surface area contributed by atoms with Crippen LogP contribution in [0.1, 0.15) is 6.92 Å². The van der Waals surface area contributed by atoms with Crippen molar-refractivity contribution >= 4 is 46.0 Å². The van der Waals surface area contributed by atoms with E-state index in [2.05, 4.69) is 0 Å². The van der Waals surface area contributed by atoms with Gasteiger partial charge in [-0.2, -0.15) is 0 Å². The SMILES string of the molecule is C[C@H](CO)N1C(=O)[C@@H]2[C@@H]3C(=O)OCC=C[C@@H]3S[C@@]23C=CCN(c2ccc4ccccc4c2)C(=O)C13. The number of cyclic esters (lactones) is 1. The lowest BCUT2D eigenvalue weighted by Crippen LogP contribution is -2.56. The van der Waals surface area contributed by atoms with Crippen LogP contribution in [0.25, 0.3) is 10.8 Å². The molecule has 7 nitrogen and oxygen atoms in total. The molecule has 2 saturated heterocycles. The minimum absolute atomic E-state index is 0.186. The first-order valence-corrected chi connectivity index (χ1v) is 12.8. The van der Waals surface area contributed by atoms with Crippen LogP contribution in [0.4, 0.5) is 5.69 Å². The molecule has 8 heteroatoms. The Morgan fingerprint density at radius 3 is 2.71 bits per heavy atom. The van der Waals surface area contributed by atoms with E-state index in [1.165, 1.54) is 16.7 Å². The zero-order chi connectivity index (χ0) is 24.3. The molecule has 6 rings (SSSR count). The zero-order valence-corrected chi connectivity index (χ0v) is 20.1. The summed E-state index contributed by atoms with van der Waals surface area (Å²) in [4.78, 5) is 44.4. The average molecular weight is 491 g/mol. The standard InChI is InChI=1S/C27H26N2O5S/c1-16(15-30)29-23-25(32)28(19-10-9-17-6-2-3-7-18(17)14-19)12-5-11-27(23)22(24(29)31)21-20(35-27)8-4-13-34-26(21)33/h2-11,14,16,20-23,30H,12-13,15H2,1H3/t16-,20+,21-,22+,23?,27+/m1/s1. The molecule has 35 heavy (non-hydrogen) atoms. The van der Waals surface area contributed by atoms with E-state index in [-0.39, 0.29) is 30.3 Å². The number of amides is 2. The highest BCUT2D eigenvalue weighted by molar-refractivity contribution is 8.02. The van der Waals surface area contributed by atoms with Crippen LogP contribution < -0.4 is 4.90 Å². The number of rotatable bonds is 3. The number of hydrogen-bond donors (Lipinski definition) is 1. The number of likely N-dealkylation sites (tertiary alicyclic amines) is 1. The van der Waals surface area contributed by atoms with Crippen LogP contribution in [0.2, 0.25) is 0 Å². The average Bonchev–Trinajstić information content (AvgIpc) is 3.18. The lowest BCUT2D eigenvalue weighted by molar-refractivity contribution is -0.152. The first kappa shape index (κ1) is 22.4. The van der Waals surface area contributed by atoms with Crippen molar-refractivity contribution in [3.63, 3.8) is 0 Å². The summed E-state index contributed by atoms with van der Waals surface area (Å²) in [6, 6.07) is 12.4. The molecular formula is C27H26N2O5S. The number of thioether (sulfide) groups is 1. The third-order valence-corrected chi connectivity index (χ3v) is 9.38. The molecular weight excluding hydrogens is 464 g/mol. The maximum atomic E-state index is 14.3. The summed E-state index contributed by atoms with van der Waals surface area (Å²) >= 11 is 1.50. The van der Waals surface area contributed by atoms with Crippen LogP contribution in [-0.4, -0.2) is 69.6 Å². The minimum Gasteiger partial charge on any atom is -0.461 e. The molecule has 2 aromatic carbocycles. The monoisotopic (exact) mass is 490 g/mol. The predicted molar refractivity (Wildman–Crippen MR) is 134 cm³/mol. The van der Waals surface area contributed by atoms with Crippen molar-refractivity contribution in [2.75, 3.05) is 24.7 Å². The summed E-state index contributed by atoms with van der Waals surface area (Å²) < 4.78 is 4.47. The predicted octanol–water partition coefficient (Wildman–Crippen LogP) is 2.53. The Hall–Kier alpha value is -3.10. The fraction of sp³-hybridized carbons (Fsp3) is 0.370. The van der Waals surface area contributed by atoms with E-state index < -0.39 is 34.6 Å². The van der Waals surface area contributed by atoms with E-state index in [0.717, 1.165) is 16.5 Å². The van der Waals surface area contributed by atoms with Gasteiger partial charge in [0.15, 0.2) is 0 Å². The largest absolute Gasteiger partial charge is 0.461 e. The van der Waals surface area contributed by atoms with Gasteiger partial charge < -0.3 is 19.6 Å². The molecule has 4 aliphatic heterocycles. The molecule has 0 radical (unpaired) electrons. The fourth-order valence-electron chi connectivity index (χ4n) is 6.05. The second-order valence-corrected chi connectivity index (χ2v) is 11.0. The van der Waals surface area contributed by atoms with Gasteiger partial charge in [0.2, 0.25) is 5.91 Å². The molecule has 1 unspecified atom stereocenters. The molecule has 0 aromatic heterocycles. The van der Waals surface area contributed by atoms with E-state index in [9.17, 15) is 19.5 Å². The van der Waals surface area contributed by atoms with Crippen molar-refractivity contribution in [1.82, 2.24) is 4.90 Å². The van der Waals surface area contributed by atoms with Crippen LogP contribution in [0.5, 0.6) is 0 Å². The minimum atomic E-state index is -0.917. The Morgan fingerprint density at radius 1 is 1.11 bits per heavy atom. The lowest BCUT2D eigenvalue weighted by Gasteiger charge is -2.37. The lowest BCUT2D eigenvalue weighted by atomic mass is 9.78. The molecule has 1 N–H and O–H groups in total. The van der Waals surface area contributed by atoms with E-state index in [1.807, 2.05) is 66.8 Å². The van der Waals surface area contributed by atoms with Gasteiger partial charge in [-0.3, -0.25) is 14.4 Å². The Bertz CT molecular complexity index is 1290. The Morgan fingerprint density at radius 2 is 1.91 bits per heavy atom. The number of nitrogens with zero attached hydrogens (tertiary/aromatic N) is 2. The number of aliphatic hydroxyl groups is 1. The summed E-state index contributed by atoms with van der Waals surface area (Å²) in [6.07, 6.45) is 7.64. The zero-order valence-electron chi connectivity index (χ0n) is 19.2. The number of hydrogen-bond acceptors (Lipinski definition) is 6. The van der Waals surface area contributed by atoms with Crippen molar-refractivity contribution in [2.45, 2.75) is 29.0 Å². The van der Waals surface area contributed by atoms with E-state index in [4.69, 9.17) is 4.74 Å². The second-order valence-electron chi connectivity index (χ2n) is 9.56. The second kappa shape index (κ2) is 8.24. The van der Waals surface area contributed by atoms with E-state index in [0.29, 0.717) is 6.54 Å². The van der Waals surface area contributed by atoms with Gasteiger partial charge in [-0.15, -0.1) is 11.8 Å². The molecule has 6 atom stereocenters. The molecule has 0 saturated carbocycles. The van der Waals surface area contributed by atoms with Crippen molar-refractivity contribution in [3.05, 3.63) is 66.8 Å². The van der Waals surface area contributed by atoms with Gasteiger partial charge in [0.25, 0.3) is 5.91 Å². The topological polar surface area (TPSA) is 87.2 Å². The maximum absolute atomic E-state index is 14.3. The maximum Gasteiger partial charge on any atom is 0.311 e. The van der Waals surface area contributed by atoms with Gasteiger partial charge in [0.1, 0.15) is 12.6 Å². The molecule has 180 valence electrons. The number of ether oxygens (including phenoxy) is 1. The highest BCUT2D eigenvalue weighted by Gasteiger charge is 2.71. The number of benzene rings is 2. The van der Waals surface area contributed by atoms with Crippen molar-refractivity contribution in [3.8, 4) is 0 Å². The molecule has 2 amide bonds. The van der Waals surface area contributed by atoms with Gasteiger partial charge >= 0.3 is 5.97 Å². The van der Waals surface area contributed by atoms with Crippen molar-refractivity contribution < 1.29 is 24.2 Å². The van der Waals surface area contributed by atoms with Gasteiger partial charge in [0.05, 0.1) is 29.2 Å². The van der Waals surface area contributed by atoms with E-state index in [1.54, 1.807) is 11.8 Å². The van der Waals surface area contributed by atoms with Gasteiger partial charge in [-0.1, -0.05) is 54.6 Å². The Kier molecular flexibility index (Phi) is 5.27. The third kappa shape index (κ3) is 3.19. The molecule has 0 bridgehead atoms.